The summed E-state index contributed by atoms with van der Waals surface area (Å²) in [4.78, 5) is 30.6. The minimum absolute atomic E-state index is 0.0487. The van der Waals surface area contributed by atoms with Gasteiger partial charge in [0, 0.05) is 76.0 Å². The molecule has 7 rings (SSSR count). The molecule has 1 N–H and O–H groups in total. The van der Waals surface area contributed by atoms with E-state index in [2.05, 4.69) is 11.8 Å². The normalized spacial score (nSPS) is 44.1. The van der Waals surface area contributed by atoms with Gasteiger partial charge in [-0.25, -0.2) is 9.59 Å². The van der Waals surface area contributed by atoms with Crippen LogP contribution in [0, 0.1) is 34.5 Å². The summed E-state index contributed by atoms with van der Waals surface area (Å²) in [5.41, 5.74) is -4.19. The minimum Gasteiger partial charge on any atom is -0.497 e. The van der Waals surface area contributed by atoms with Crippen LogP contribution in [0.5, 0.6) is 5.75 Å². The smallest absolute Gasteiger partial charge is 0.497 e. The highest BCUT2D eigenvalue weighted by molar-refractivity contribution is 5.89. The van der Waals surface area contributed by atoms with Crippen LogP contribution in [0.4, 0.5) is 4.79 Å². The molecule has 1 saturated heterocycles. The quantitative estimate of drug-likeness (QED) is 0.353. The van der Waals surface area contributed by atoms with Gasteiger partial charge in [-0.05, 0) is 76.8 Å². The fourth-order valence-corrected chi connectivity index (χ4v) is 12.6. The Kier molecular flexibility index (Phi) is 8.83. The molecule has 12 heteroatoms. The number of nitrogens with zero attached hydrogens (tertiary/aromatic N) is 1. The van der Waals surface area contributed by atoms with E-state index in [0.717, 1.165) is 25.9 Å². The standard InChI is InChI=1S/C38H55NO11/c1-10-39-19-35(20-43-5)16-15-24(45-7)38-23-17-36(42)25(46-8)18-37(50-33(41)49-34(2,3)4,27(30(38)39)28(47-9)29(35)38)26(23)31(36)48-32(40)21-11-13-22(44-6)14-12-21/h11-14,23-31,42H,10,15-20H2,1-9H3/t23-,24+,25+,26-,27+,28+,29-,30-,31-,35+,36+,37-,38+/m1/s1. The molecule has 0 unspecified atom stereocenters. The van der Waals surface area contributed by atoms with Gasteiger partial charge in [-0.3, -0.25) is 4.90 Å². The molecule has 5 saturated carbocycles. The van der Waals surface area contributed by atoms with E-state index in [1.807, 2.05) is 0 Å². The van der Waals surface area contributed by atoms with Crippen LogP contribution in [0.3, 0.4) is 0 Å². The van der Waals surface area contributed by atoms with Gasteiger partial charge in [0.15, 0.2) is 0 Å². The average molecular weight is 702 g/mol. The Balaban J connectivity index is 1.46. The maximum absolute atomic E-state index is 14.0. The van der Waals surface area contributed by atoms with E-state index >= 15 is 0 Å². The fourth-order valence-electron chi connectivity index (χ4n) is 12.6. The number of ether oxygens (including phenoxy) is 8. The van der Waals surface area contributed by atoms with Gasteiger partial charge in [-0.1, -0.05) is 6.92 Å². The number of hydrogen-bond acceptors (Lipinski definition) is 12. The van der Waals surface area contributed by atoms with Gasteiger partial charge < -0.3 is 43.0 Å². The molecule has 0 amide bonds. The lowest BCUT2D eigenvalue weighted by Crippen LogP contribution is -2.77. The second-order valence-corrected chi connectivity index (χ2v) is 16.6. The van der Waals surface area contributed by atoms with E-state index in [4.69, 9.17) is 37.9 Å². The summed E-state index contributed by atoms with van der Waals surface area (Å²) in [7, 11) is 8.39. The van der Waals surface area contributed by atoms with Gasteiger partial charge in [-0.2, -0.15) is 0 Å². The van der Waals surface area contributed by atoms with Crippen molar-refractivity contribution in [1.82, 2.24) is 4.90 Å². The van der Waals surface area contributed by atoms with Gasteiger partial charge in [-0.15, -0.1) is 0 Å². The molecule has 1 aromatic rings. The molecular formula is C38H55NO11. The number of benzene rings is 1. The predicted molar refractivity (Wildman–Crippen MR) is 180 cm³/mol. The molecule has 0 aromatic heterocycles. The van der Waals surface area contributed by atoms with E-state index in [9.17, 15) is 14.7 Å². The number of aliphatic hydroxyl groups is 1. The van der Waals surface area contributed by atoms with Crippen molar-refractivity contribution in [2.24, 2.45) is 34.5 Å². The molecule has 6 aliphatic rings. The number of fused-ring (bicyclic) bond motifs is 2. The molecule has 1 aliphatic heterocycles. The molecule has 0 radical (unpaired) electrons. The van der Waals surface area contributed by atoms with Crippen molar-refractivity contribution in [2.45, 2.75) is 101 Å². The zero-order valence-electron chi connectivity index (χ0n) is 30.9. The lowest BCUT2D eigenvalue weighted by molar-refractivity contribution is -0.285. The van der Waals surface area contributed by atoms with Crippen LogP contribution in [0.15, 0.2) is 24.3 Å². The first-order valence-electron chi connectivity index (χ1n) is 18.1. The van der Waals surface area contributed by atoms with E-state index in [-0.39, 0.29) is 54.3 Å². The maximum Gasteiger partial charge on any atom is 0.509 e. The first-order chi connectivity index (χ1) is 23.7. The molecular weight excluding hydrogens is 646 g/mol. The third-order valence-electron chi connectivity index (χ3n) is 13.6. The van der Waals surface area contributed by atoms with Crippen molar-refractivity contribution in [2.75, 3.05) is 55.2 Å². The van der Waals surface area contributed by atoms with Crippen LogP contribution in [-0.2, 0) is 33.2 Å². The molecule has 5 aliphatic carbocycles. The average Bonchev–Trinajstić information content (AvgIpc) is 3.45. The molecule has 13 atom stereocenters. The summed E-state index contributed by atoms with van der Waals surface area (Å²) in [6.07, 6.45) is -1.11. The largest absolute Gasteiger partial charge is 0.509 e. The predicted octanol–water partition coefficient (Wildman–Crippen LogP) is 4.10. The third-order valence-corrected chi connectivity index (χ3v) is 13.6. The highest BCUT2D eigenvalue weighted by atomic mass is 16.7. The Hall–Kier alpha value is -2.48. The number of methoxy groups -OCH3 is 5. The lowest BCUT2D eigenvalue weighted by Gasteiger charge is -2.69. The maximum atomic E-state index is 14.0. The van der Waals surface area contributed by atoms with Gasteiger partial charge in [0.25, 0.3) is 0 Å². The monoisotopic (exact) mass is 701 g/mol. The van der Waals surface area contributed by atoms with Gasteiger partial charge in [0.2, 0.25) is 0 Å². The number of hydrogen-bond donors (Lipinski definition) is 1. The Bertz CT molecular complexity index is 1470. The van der Waals surface area contributed by atoms with Crippen LogP contribution in [0.2, 0.25) is 0 Å². The summed E-state index contributed by atoms with van der Waals surface area (Å²) in [5, 5.41) is 13.0. The van der Waals surface area contributed by atoms with E-state index in [1.165, 1.54) is 0 Å². The second-order valence-electron chi connectivity index (χ2n) is 16.6. The SMILES string of the molecule is CCN1C[C@]2(COC)CC[C@H](OC)[C@@]34[C@@H]5C[C@]6(O)[C@@H](OC)C[C@@](OC(=O)OC(C)(C)C)([C@H]5[C@H]6OC(=O)c5ccc(OC)cc5)[C@@H]([C@H](OC)[C@H]23)[C@@H]14. The number of esters is 1. The second kappa shape index (κ2) is 12.3. The number of carbonyl (C=O) groups is 2. The first-order valence-corrected chi connectivity index (χ1v) is 18.1. The zero-order valence-corrected chi connectivity index (χ0v) is 30.9. The Morgan fingerprint density at radius 1 is 0.960 bits per heavy atom. The van der Waals surface area contributed by atoms with Crippen molar-refractivity contribution >= 4 is 12.1 Å². The van der Waals surface area contributed by atoms with Crippen molar-refractivity contribution < 1.29 is 52.6 Å². The van der Waals surface area contributed by atoms with Crippen molar-refractivity contribution in [3.63, 3.8) is 0 Å². The first kappa shape index (κ1) is 35.9. The van der Waals surface area contributed by atoms with E-state index in [1.54, 1.807) is 80.6 Å². The third kappa shape index (κ3) is 4.70. The summed E-state index contributed by atoms with van der Waals surface area (Å²) < 4.78 is 49.9. The molecule has 7 bridgehead atoms. The topological polar surface area (TPSA) is 131 Å². The van der Waals surface area contributed by atoms with E-state index in [0.29, 0.717) is 17.9 Å². The number of piperidine rings is 1. The van der Waals surface area contributed by atoms with Crippen LogP contribution in [-0.4, -0.2) is 125 Å². The molecule has 12 nitrogen and oxygen atoms in total. The van der Waals surface area contributed by atoms with Crippen LogP contribution in [0.25, 0.3) is 0 Å². The van der Waals surface area contributed by atoms with Gasteiger partial charge in [0.05, 0.1) is 37.6 Å². The Morgan fingerprint density at radius 2 is 1.66 bits per heavy atom. The summed E-state index contributed by atoms with van der Waals surface area (Å²) in [6.45, 7) is 9.66. The summed E-state index contributed by atoms with van der Waals surface area (Å²) >= 11 is 0. The molecule has 278 valence electrons. The van der Waals surface area contributed by atoms with E-state index < -0.39 is 52.5 Å². The van der Waals surface area contributed by atoms with Gasteiger partial charge >= 0.3 is 12.1 Å². The fraction of sp³-hybridized carbons (Fsp3) is 0.789. The zero-order chi connectivity index (χ0) is 36.0. The molecule has 50 heavy (non-hydrogen) atoms. The van der Waals surface area contributed by atoms with Crippen LogP contribution >= 0.6 is 0 Å². The summed E-state index contributed by atoms with van der Waals surface area (Å²) in [6, 6.07) is 6.56. The number of likely N-dealkylation sites (tertiary alicyclic amines) is 1. The van der Waals surface area contributed by atoms with Crippen molar-refractivity contribution in [1.29, 1.82) is 0 Å². The molecule has 6 fully saturated rings. The highest BCUT2D eigenvalue weighted by Crippen LogP contribution is 2.80. The molecule has 1 spiro atoms. The minimum atomic E-state index is -1.57. The Morgan fingerprint density at radius 3 is 2.24 bits per heavy atom. The summed E-state index contributed by atoms with van der Waals surface area (Å²) in [5.74, 6) is -1.33. The highest BCUT2D eigenvalue weighted by Gasteiger charge is 2.90. The Labute approximate surface area is 295 Å². The van der Waals surface area contributed by atoms with Crippen molar-refractivity contribution in [3.8, 4) is 5.75 Å². The molecule has 1 aromatic carbocycles. The van der Waals surface area contributed by atoms with Crippen LogP contribution < -0.4 is 4.74 Å². The molecule has 1 heterocycles. The lowest BCUT2D eigenvalue weighted by atomic mass is 9.43. The van der Waals surface area contributed by atoms with Crippen molar-refractivity contribution in [3.05, 3.63) is 29.8 Å². The van der Waals surface area contributed by atoms with Crippen LogP contribution in [0.1, 0.15) is 63.7 Å². The van der Waals surface area contributed by atoms with Gasteiger partial charge in [0.1, 0.15) is 28.7 Å². The number of rotatable bonds is 10. The number of carbonyl (C=O) groups excluding carboxylic acids is 2.